The van der Waals surface area contributed by atoms with Gasteiger partial charge in [-0.05, 0) is 50.8 Å². The third kappa shape index (κ3) is 3.59. The maximum absolute atomic E-state index is 12.5. The van der Waals surface area contributed by atoms with Crippen LogP contribution in [0.2, 0.25) is 0 Å². The van der Waals surface area contributed by atoms with Gasteiger partial charge in [-0.2, -0.15) is 0 Å². The SMILES string of the molecule is Cc1cc(NC(=O)N2CCC3(CC2)CC3N(C)Cc2nccs2)ccn1. The lowest BCUT2D eigenvalue weighted by Crippen LogP contribution is -2.43. The van der Waals surface area contributed by atoms with Gasteiger partial charge in [0.05, 0.1) is 6.54 Å². The molecule has 3 heterocycles. The smallest absolute Gasteiger partial charge is 0.321 e. The second-order valence-corrected chi connectivity index (χ2v) is 8.51. The Bertz CT molecular complexity index is 770. The van der Waals surface area contributed by atoms with Crippen molar-refractivity contribution in [3.05, 3.63) is 40.6 Å². The van der Waals surface area contributed by atoms with E-state index in [2.05, 4.69) is 27.2 Å². The second-order valence-electron chi connectivity index (χ2n) is 7.53. The molecule has 1 atom stereocenters. The first-order chi connectivity index (χ1) is 12.6. The number of aryl methyl sites for hydroxylation is 1. The summed E-state index contributed by atoms with van der Waals surface area (Å²) in [5.41, 5.74) is 2.12. The first-order valence-corrected chi connectivity index (χ1v) is 10.0. The number of aromatic nitrogens is 2. The molecule has 4 rings (SSSR count). The maximum Gasteiger partial charge on any atom is 0.321 e. The topological polar surface area (TPSA) is 61.4 Å². The molecule has 6 nitrogen and oxygen atoms in total. The number of nitrogens with zero attached hydrogens (tertiary/aromatic N) is 4. The lowest BCUT2D eigenvalue weighted by molar-refractivity contribution is 0.157. The van der Waals surface area contributed by atoms with Crippen molar-refractivity contribution >= 4 is 23.1 Å². The molecular formula is C19H25N5OS. The molecule has 1 saturated carbocycles. The number of amides is 2. The van der Waals surface area contributed by atoms with Gasteiger partial charge in [-0.25, -0.2) is 9.78 Å². The number of hydrogen-bond donors (Lipinski definition) is 1. The van der Waals surface area contributed by atoms with Gasteiger partial charge in [0.1, 0.15) is 5.01 Å². The lowest BCUT2D eigenvalue weighted by Gasteiger charge is -2.34. The second kappa shape index (κ2) is 6.96. The summed E-state index contributed by atoms with van der Waals surface area (Å²) in [5, 5.41) is 6.21. The minimum atomic E-state index is -0.00112. The highest BCUT2D eigenvalue weighted by atomic mass is 32.1. The molecule has 1 saturated heterocycles. The quantitative estimate of drug-likeness (QED) is 0.895. The number of anilines is 1. The van der Waals surface area contributed by atoms with Crippen molar-refractivity contribution in [2.24, 2.45) is 5.41 Å². The average Bonchev–Trinajstić information content (AvgIpc) is 3.07. The Kier molecular flexibility index (Phi) is 4.67. The largest absolute Gasteiger partial charge is 0.324 e. The Balaban J connectivity index is 1.28. The molecule has 2 amide bonds. The lowest BCUT2D eigenvalue weighted by atomic mass is 9.92. The molecule has 1 N–H and O–H groups in total. The Morgan fingerprint density at radius 3 is 2.88 bits per heavy atom. The third-order valence-electron chi connectivity index (χ3n) is 5.74. The molecule has 2 aromatic rings. The molecule has 26 heavy (non-hydrogen) atoms. The number of thiazole rings is 1. The van der Waals surface area contributed by atoms with Gasteiger partial charge < -0.3 is 10.2 Å². The highest BCUT2D eigenvalue weighted by Crippen LogP contribution is 2.56. The van der Waals surface area contributed by atoms with E-state index in [9.17, 15) is 4.79 Å². The van der Waals surface area contributed by atoms with E-state index in [4.69, 9.17) is 0 Å². The molecule has 0 bridgehead atoms. The molecule has 0 radical (unpaired) electrons. The van der Waals surface area contributed by atoms with Gasteiger partial charge in [0.15, 0.2) is 0 Å². The highest BCUT2D eigenvalue weighted by Gasteiger charge is 2.56. The number of carbonyl (C=O) groups is 1. The number of nitrogens with one attached hydrogen (secondary N) is 1. The summed E-state index contributed by atoms with van der Waals surface area (Å²) in [4.78, 5) is 25.5. The van der Waals surface area contributed by atoms with Crippen LogP contribution in [-0.4, -0.2) is 52.0 Å². The molecule has 2 fully saturated rings. The van der Waals surface area contributed by atoms with Crippen LogP contribution in [0.1, 0.15) is 30.0 Å². The predicted octanol–water partition coefficient (Wildman–Crippen LogP) is 3.36. The minimum Gasteiger partial charge on any atom is -0.324 e. The fourth-order valence-electron chi connectivity index (χ4n) is 4.12. The fraction of sp³-hybridized carbons (Fsp3) is 0.526. The molecule has 1 aliphatic heterocycles. The Hall–Kier alpha value is -1.99. The van der Waals surface area contributed by atoms with E-state index >= 15 is 0 Å². The maximum atomic E-state index is 12.5. The van der Waals surface area contributed by atoms with Crippen LogP contribution in [0, 0.1) is 12.3 Å². The van der Waals surface area contributed by atoms with E-state index in [1.165, 1.54) is 11.4 Å². The number of carbonyl (C=O) groups excluding carboxylic acids is 1. The van der Waals surface area contributed by atoms with E-state index < -0.39 is 0 Å². The first kappa shape index (κ1) is 17.4. The van der Waals surface area contributed by atoms with Crippen molar-refractivity contribution in [3.8, 4) is 0 Å². The van der Waals surface area contributed by atoms with Gasteiger partial charge in [0, 0.05) is 48.3 Å². The van der Waals surface area contributed by atoms with Gasteiger partial charge in [-0.1, -0.05) is 0 Å². The molecule has 1 unspecified atom stereocenters. The standard InChI is InChI=1S/C19H25N5OS/c1-14-11-15(3-6-20-14)22-18(25)24-8-4-19(5-9-24)12-16(19)23(2)13-17-21-7-10-26-17/h3,6-7,10-11,16H,4-5,8-9,12-13H2,1-2H3,(H,20,22,25). The molecular weight excluding hydrogens is 346 g/mol. The van der Waals surface area contributed by atoms with Crippen molar-refractivity contribution in [2.75, 3.05) is 25.5 Å². The van der Waals surface area contributed by atoms with Crippen LogP contribution in [0.4, 0.5) is 10.5 Å². The van der Waals surface area contributed by atoms with Gasteiger partial charge in [-0.15, -0.1) is 11.3 Å². The molecule has 0 aromatic carbocycles. The molecule has 2 aliphatic rings. The summed E-state index contributed by atoms with van der Waals surface area (Å²) in [6.07, 6.45) is 7.01. The van der Waals surface area contributed by atoms with E-state index in [-0.39, 0.29) is 6.03 Å². The minimum absolute atomic E-state index is 0.00112. The number of piperidine rings is 1. The van der Waals surface area contributed by atoms with Crippen LogP contribution in [-0.2, 0) is 6.54 Å². The van der Waals surface area contributed by atoms with Gasteiger partial charge >= 0.3 is 6.03 Å². The van der Waals surface area contributed by atoms with E-state index in [1.54, 1.807) is 17.5 Å². The van der Waals surface area contributed by atoms with E-state index in [0.29, 0.717) is 11.5 Å². The molecule has 138 valence electrons. The van der Waals surface area contributed by atoms with Crippen molar-refractivity contribution in [1.82, 2.24) is 19.8 Å². The van der Waals surface area contributed by atoms with Crippen LogP contribution >= 0.6 is 11.3 Å². The summed E-state index contributed by atoms with van der Waals surface area (Å²) in [7, 11) is 2.20. The third-order valence-corrected chi connectivity index (χ3v) is 6.51. The van der Waals surface area contributed by atoms with Gasteiger partial charge in [-0.3, -0.25) is 9.88 Å². The molecule has 1 aliphatic carbocycles. The predicted molar refractivity (Wildman–Crippen MR) is 103 cm³/mol. The van der Waals surface area contributed by atoms with E-state index in [0.717, 1.165) is 43.9 Å². The fourth-order valence-corrected chi connectivity index (χ4v) is 4.80. The zero-order chi connectivity index (χ0) is 18.1. The van der Waals surface area contributed by atoms with Crippen molar-refractivity contribution in [3.63, 3.8) is 0 Å². The van der Waals surface area contributed by atoms with Gasteiger partial charge in [0.2, 0.25) is 0 Å². The summed E-state index contributed by atoms with van der Waals surface area (Å²) in [6.45, 7) is 4.51. The Morgan fingerprint density at radius 2 is 2.19 bits per heavy atom. The monoisotopic (exact) mass is 371 g/mol. The van der Waals surface area contributed by atoms with Crippen molar-refractivity contribution in [1.29, 1.82) is 0 Å². The number of rotatable bonds is 4. The zero-order valence-corrected chi connectivity index (χ0v) is 16.1. The van der Waals surface area contributed by atoms with Crippen molar-refractivity contribution < 1.29 is 4.79 Å². The number of likely N-dealkylation sites (tertiary alicyclic amines) is 1. The average molecular weight is 372 g/mol. The Morgan fingerprint density at radius 1 is 1.38 bits per heavy atom. The van der Waals surface area contributed by atoms with Crippen LogP contribution in [0.15, 0.2) is 29.9 Å². The summed E-state index contributed by atoms with van der Waals surface area (Å²) in [5.74, 6) is 0. The van der Waals surface area contributed by atoms with Crippen LogP contribution < -0.4 is 5.32 Å². The van der Waals surface area contributed by atoms with Crippen LogP contribution in [0.25, 0.3) is 0 Å². The first-order valence-electron chi connectivity index (χ1n) is 9.13. The normalized spacial score (nSPS) is 21.2. The number of hydrogen-bond acceptors (Lipinski definition) is 5. The highest BCUT2D eigenvalue weighted by molar-refractivity contribution is 7.09. The molecule has 2 aromatic heterocycles. The van der Waals surface area contributed by atoms with Gasteiger partial charge in [0.25, 0.3) is 0 Å². The number of urea groups is 1. The summed E-state index contributed by atoms with van der Waals surface area (Å²) < 4.78 is 0. The van der Waals surface area contributed by atoms with Crippen LogP contribution in [0.3, 0.4) is 0 Å². The van der Waals surface area contributed by atoms with Crippen LogP contribution in [0.5, 0.6) is 0 Å². The number of pyridine rings is 1. The van der Waals surface area contributed by atoms with E-state index in [1.807, 2.05) is 35.5 Å². The Labute approximate surface area is 158 Å². The zero-order valence-electron chi connectivity index (χ0n) is 15.3. The molecule has 1 spiro atoms. The summed E-state index contributed by atoms with van der Waals surface area (Å²) >= 11 is 1.72. The summed E-state index contributed by atoms with van der Waals surface area (Å²) in [6, 6.07) is 4.35. The molecule has 7 heteroatoms. The van der Waals surface area contributed by atoms with Crippen molar-refractivity contribution in [2.45, 2.75) is 38.8 Å².